The lowest BCUT2D eigenvalue weighted by molar-refractivity contribution is 0.602. The summed E-state index contributed by atoms with van der Waals surface area (Å²) in [6.07, 6.45) is 1.32. The van der Waals surface area contributed by atoms with E-state index >= 15 is 0 Å². The Labute approximate surface area is 111 Å². The molecule has 0 fully saturated rings. The number of nitrogens with one attached hydrogen (secondary N) is 2. The van der Waals surface area contributed by atoms with E-state index in [9.17, 15) is 13.2 Å². The maximum absolute atomic E-state index is 12.0. The smallest absolute Gasteiger partial charge is 0.306 e. The number of hydrogen-bond donors (Lipinski definition) is 2. The van der Waals surface area contributed by atoms with Gasteiger partial charge < -0.3 is 4.98 Å². The fraction of sp³-hybridized carbons (Fsp3) is 0.125. The number of thiazole rings is 1. The number of nitrogens with zero attached hydrogens (tertiary/aromatic N) is 2. The van der Waals surface area contributed by atoms with E-state index in [-0.39, 0.29) is 21.0 Å². The topological polar surface area (TPSA) is 105 Å². The van der Waals surface area contributed by atoms with Gasteiger partial charge in [0.05, 0.1) is 0 Å². The van der Waals surface area contributed by atoms with E-state index in [0.717, 1.165) is 0 Å². The molecule has 2 aromatic rings. The first-order valence-corrected chi connectivity index (χ1v) is 7.27. The van der Waals surface area contributed by atoms with E-state index in [0.29, 0.717) is 11.3 Å². The number of aromatic nitrogens is 3. The average Bonchev–Trinajstić information content (AvgIpc) is 2.58. The zero-order valence-corrected chi connectivity index (χ0v) is 11.4. The number of aromatic amines is 1. The highest BCUT2D eigenvalue weighted by atomic mass is 35.5. The molecule has 18 heavy (non-hydrogen) atoms. The van der Waals surface area contributed by atoms with Crippen molar-refractivity contribution in [3.8, 4) is 0 Å². The van der Waals surface area contributed by atoms with Crippen LogP contribution in [0.3, 0.4) is 0 Å². The number of sulfonamides is 1. The lowest BCUT2D eigenvalue weighted by atomic mass is 10.6. The molecular formula is C8H7ClN4O3S2. The molecule has 2 aromatic heterocycles. The van der Waals surface area contributed by atoms with Crippen molar-refractivity contribution in [2.75, 3.05) is 4.72 Å². The van der Waals surface area contributed by atoms with Gasteiger partial charge in [-0.3, -0.25) is 4.79 Å². The molecule has 2 rings (SSSR count). The predicted octanol–water partition coefficient (Wildman–Crippen LogP) is 0.989. The van der Waals surface area contributed by atoms with Gasteiger partial charge in [0.2, 0.25) is 5.95 Å². The highest BCUT2D eigenvalue weighted by Crippen LogP contribution is 2.18. The fourth-order valence-electron chi connectivity index (χ4n) is 1.20. The van der Waals surface area contributed by atoms with Crippen LogP contribution in [0, 0.1) is 6.92 Å². The van der Waals surface area contributed by atoms with E-state index in [4.69, 9.17) is 11.6 Å². The van der Waals surface area contributed by atoms with E-state index < -0.39 is 14.9 Å². The molecule has 0 saturated carbocycles. The standard InChI is InChI=1S/C8H7ClN4O3S2/c1-4-6(17-8(14)11-4)18(15,16)13-7-10-3-2-5(9)12-7/h2-3H,1H3,(H,11,14)(H,10,12,13). The van der Waals surface area contributed by atoms with Crippen LogP contribution in [-0.2, 0) is 10.0 Å². The van der Waals surface area contributed by atoms with Crippen molar-refractivity contribution in [1.29, 1.82) is 0 Å². The van der Waals surface area contributed by atoms with Gasteiger partial charge in [-0.2, -0.15) is 0 Å². The summed E-state index contributed by atoms with van der Waals surface area (Å²) in [6.45, 7) is 1.49. The van der Waals surface area contributed by atoms with Gasteiger partial charge in [0, 0.05) is 11.9 Å². The van der Waals surface area contributed by atoms with Crippen LogP contribution in [0.5, 0.6) is 0 Å². The van der Waals surface area contributed by atoms with Gasteiger partial charge in [0.1, 0.15) is 5.15 Å². The van der Waals surface area contributed by atoms with Gasteiger partial charge in [0.25, 0.3) is 10.0 Å². The number of rotatable bonds is 3. The second kappa shape index (κ2) is 4.67. The monoisotopic (exact) mass is 306 g/mol. The molecule has 0 atom stereocenters. The SMILES string of the molecule is Cc1[nH]c(=O)sc1S(=O)(=O)Nc1nccc(Cl)n1. The molecule has 7 nitrogen and oxygen atoms in total. The van der Waals surface area contributed by atoms with Crippen molar-refractivity contribution in [2.45, 2.75) is 11.1 Å². The molecule has 0 aliphatic heterocycles. The maximum Gasteiger partial charge on any atom is 0.306 e. The molecule has 2 N–H and O–H groups in total. The number of hydrogen-bond acceptors (Lipinski definition) is 6. The Morgan fingerprint density at radius 2 is 2.22 bits per heavy atom. The summed E-state index contributed by atoms with van der Waals surface area (Å²) in [5.41, 5.74) is 0.263. The molecule has 0 aliphatic rings. The summed E-state index contributed by atoms with van der Waals surface area (Å²) in [5.74, 6) is -0.150. The minimum atomic E-state index is -3.89. The van der Waals surface area contributed by atoms with Gasteiger partial charge in [-0.05, 0) is 13.0 Å². The fourth-order valence-corrected chi connectivity index (χ4v) is 3.59. The molecule has 10 heteroatoms. The van der Waals surface area contributed by atoms with Gasteiger partial charge in [0.15, 0.2) is 4.21 Å². The van der Waals surface area contributed by atoms with Gasteiger partial charge in [-0.15, -0.1) is 0 Å². The van der Waals surface area contributed by atoms with E-state index in [1.165, 1.54) is 19.2 Å². The minimum Gasteiger partial charge on any atom is -0.315 e. The third kappa shape index (κ3) is 2.68. The van der Waals surface area contributed by atoms with Crippen LogP contribution in [-0.4, -0.2) is 23.4 Å². The van der Waals surface area contributed by atoms with Crippen LogP contribution in [0.1, 0.15) is 5.69 Å². The summed E-state index contributed by atoms with van der Waals surface area (Å²) >= 11 is 6.21. The van der Waals surface area contributed by atoms with Gasteiger partial charge in [-0.1, -0.05) is 22.9 Å². The summed E-state index contributed by atoms with van der Waals surface area (Å²) in [4.78, 5) is 20.4. The minimum absolute atomic E-state index is 0.101. The molecular weight excluding hydrogens is 300 g/mol. The van der Waals surface area contributed by atoms with Crippen molar-refractivity contribution in [1.82, 2.24) is 15.0 Å². The molecule has 96 valence electrons. The molecule has 0 bridgehead atoms. The number of aryl methyl sites for hydroxylation is 1. The van der Waals surface area contributed by atoms with Crippen molar-refractivity contribution in [3.05, 3.63) is 32.8 Å². The molecule has 2 heterocycles. The molecule has 0 aliphatic carbocycles. The lowest BCUT2D eigenvalue weighted by Gasteiger charge is -2.04. The third-order valence-corrected chi connectivity index (χ3v) is 5.02. The van der Waals surface area contributed by atoms with Gasteiger partial charge >= 0.3 is 4.87 Å². The Kier molecular flexibility index (Phi) is 3.37. The Morgan fingerprint density at radius 3 is 2.78 bits per heavy atom. The molecule has 0 radical (unpaired) electrons. The van der Waals surface area contributed by atoms with Crippen LogP contribution >= 0.6 is 22.9 Å². The van der Waals surface area contributed by atoms with E-state index in [2.05, 4.69) is 19.7 Å². The molecule has 0 unspecified atom stereocenters. The molecule has 0 aromatic carbocycles. The summed E-state index contributed by atoms with van der Waals surface area (Å²) < 4.78 is 26.0. The Balaban J connectivity index is 2.39. The van der Waals surface area contributed by atoms with Crippen molar-refractivity contribution in [3.63, 3.8) is 0 Å². The van der Waals surface area contributed by atoms with Crippen LogP contribution in [0.2, 0.25) is 5.15 Å². The summed E-state index contributed by atoms with van der Waals surface area (Å²) in [5, 5.41) is 0.113. The molecule has 0 spiro atoms. The normalized spacial score (nSPS) is 11.4. The number of anilines is 1. The summed E-state index contributed by atoms with van der Waals surface area (Å²) in [6, 6.07) is 1.42. The first-order chi connectivity index (χ1) is 8.38. The first kappa shape index (κ1) is 13.0. The third-order valence-electron chi connectivity index (χ3n) is 1.87. The maximum atomic E-state index is 12.0. The second-order valence-electron chi connectivity index (χ2n) is 3.24. The van der Waals surface area contributed by atoms with Crippen molar-refractivity contribution in [2.24, 2.45) is 0 Å². The molecule has 0 saturated heterocycles. The van der Waals surface area contributed by atoms with Crippen LogP contribution < -0.4 is 9.60 Å². The van der Waals surface area contributed by atoms with Crippen LogP contribution in [0.4, 0.5) is 5.95 Å². The first-order valence-electron chi connectivity index (χ1n) is 4.59. The van der Waals surface area contributed by atoms with Crippen molar-refractivity contribution < 1.29 is 8.42 Å². The molecule has 0 amide bonds. The average molecular weight is 307 g/mol. The zero-order valence-electron chi connectivity index (χ0n) is 8.97. The van der Waals surface area contributed by atoms with Crippen molar-refractivity contribution >= 4 is 38.9 Å². The van der Waals surface area contributed by atoms with Crippen LogP contribution in [0.25, 0.3) is 0 Å². The van der Waals surface area contributed by atoms with Gasteiger partial charge in [-0.25, -0.2) is 23.1 Å². The summed E-state index contributed by atoms with van der Waals surface area (Å²) in [7, 11) is -3.89. The predicted molar refractivity (Wildman–Crippen MR) is 67.5 cm³/mol. The lowest BCUT2D eigenvalue weighted by Crippen LogP contribution is -2.14. The highest BCUT2D eigenvalue weighted by molar-refractivity contribution is 7.94. The van der Waals surface area contributed by atoms with Crippen LogP contribution in [0.15, 0.2) is 21.3 Å². The van der Waals surface area contributed by atoms with E-state index in [1.54, 1.807) is 0 Å². The Morgan fingerprint density at radius 1 is 1.50 bits per heavy atom. The number of halogens is 1. The Hall–Kier alpha value is -1.45. The zero-order chi connectivity index (χ0) is 13.3. The Bertz CT molecular complexity index is 737. The number of H-pyrrole nitrogens is 1. The highest BCUT2D eigenvalue weighted by Gasteiger charge is 2.21. The second-order valence-corrected chi connectivity index (χ2v) is 6.48. The quantitative estimate of drug-likeness (QED) is 0.823. The largest absolute Gasteiger partial charge is 0.315 e. The van der Waals surface area contributed by atoms with E-state index in [1.807, 2.05) is 0 Å².